The molecule has 2 atom stereocenters. The Bertz CT molecular complexity index is 483. The van der Waals surface area contributed by atoms with Crippen LogP contribution in [0.1, 0.15) is 12.0 Å². The molecule has 1 heterocycles. The molecule has 1 aliphatic rings. The fourth-order valence-electron chi connectivity index (χ4n) is 2.25. The van der Waals surface area contributed by atoms with E-state index in [0.29, 0.717) is 13.0 Å². The minimum atomic E-state index is -0.575. The van der Waals surface area contributed by atoms with E-state index >= 15 is 0 Å². The molecule has 0 spiro atoms. The van der Waals surface area contributed by atoms with Crippen molar-refractivity contribution in [3.63, 3.8) is 0 Å². The quantitative estimate of drug-likeness (QED) is 0.656. The monoisotopic (exact) mass is 314 g/mol. The summed E-state index contributed by atoms with van der Waals surface area (Å²) in [5.41, 5.74) is 0.924. The van der Waals surface area contributed by atoms with E-state index in [2.05, 4.69) is 4.74 Å². The second kappa shape index (κ2) is 7.97. The number of rotatable bonds is 4. The molecule has 1 aliphatic heterocycles. The van der Waals surface area contributed by atoms with Crippen LogP contribution in [0.4, 0.5) is 0 Å². The summed E-state index contributed by atoms with van der Waals surface area (Å²) < 4.78 is 9.90. The van der Waals surface area contributed by atoms with Crippen LogP contribution < -0.4 is 5.84 Å². The van der Waals surface area contributed by atoms with Gasteiger partial charge in [0.15, 0.2) is 0 Å². The Morgan fingerprint density at radius 3 is 2.57 bits per heavy atom. The molecular weight excluding hydrogens is 296 g/mol. The van der Waals surface area contributed by atoms with Gasteiger partial charge in [0, 0.05) is 6.54 Å². The van der Waals surface area contributed by atoms with Crippen LogP contribution in [-0.2, 0) is 25.7 Å². The smallest absolute Gasteiger partial charge is 0.324 e. The molecule has 0 aliphatic carbocycles. The number of esters is 2. The van der Waals surface area contributed by atoms with Gasteiger partial charge in [-0.15, -0.1) is 12.4 Å². The van der Waals surface area contributed by atoms with Gasteiger partial charge in [0.05, 0.1) is 13.0 Å². The molecule has 116 valence electrons. The van der Waals surface area contributed by atoms with Crippen molar-refractivity contribution in [1.82, 2.24) is 5.01 Å². The van der Waals surface area contributed by atoms with Crippen molar-refractivity contribution in [3.05, 3.63) is 35.9 Å². The van der Waals surface area contributed by atoms with Gasteiger partial charge in [-0.2, -0.15) is 0 Å². The van der Waals surface area contributed by atoms with Gasteiger partial charge in [-0.3, -0.25) is 15.4 Å². The third kappa shape index (κ3) is 4.42. The Balaban J connectivity index is 0.00000220. The number of hydrogen-bond acceptors (Lipinski definition) is 6. The lowest BCUT2D eigenvalue weighted by atomic mass is 10.1. The highest BCUT2D eigenvalue weighted by molar-refractivity contribution is 5.85. The molecule has 21 heavy (non-hydrogen) atoms. The topological polar surface area (TPSA) is 81.9 Å². The van der Waals surface area contributed by atoms with Crippen LogP contribution >= 0.6 is 12.4 Å². The van der Waals surface area contributed by atoms with E-state index in [4.69, 9.17) is 10.6 Å². The number of nitrogens with two attached hydrogens (primary N) is 1. The largest absolute Gasteiger partial charge is 0.468 e. The van der Waals surface area contributed by atoms with Crippen molar-refractivity contribution in [3.8, 4) is 0 Å². The van der Waals surface area contributed by atoms with Gasteiger partial charge in [0.25, 0.3) is 0 Å². The number of hydrazine groups is 1. The number of ether oxygens (including phenoxy) is 2. The molecule has 1 aromatic carbocycles. The number of halogens is 1. The van der Waals surface area contributed by atoms with Gasteiger partial charge in [0.1, 0.15) is 12.6 Å². The summed E-state index contributed by atoms with van der Waals surface area (Å²) in [6, 6.07) is 8.86. The van der Waals surface area contributed by atoms with Crippen molar-refractivity contribution in [2.45, 2.75) is 19.1 Å². The lowest BCUT2D eigenvalue weighted by molar-refractivity contribution is -0.149. The Hall–Kier alpha value is -1.63. The maximum absolute atomic E-state index is 12.0. The average molecular weight is 315 g/mol. The highest BCUT2D eigenvalue weighted by Crippen LogP contribution is 2.22. The summed E-state index contributed by atoms with van der Waals surface area (Å²) in [7, 11) is 1.30. The summed E-state index contributed by atoms with van der Waals surface area (Å²) >= 11 is 0. The van der Waals surface area contributed by atoms with Crippen LogP contribution in [-0.4, -0.2) is 36.6 Å². The molecule has 0 aromatic heterocycles. The molecule has 0 radical (unpaired) electrons. The van der Waals surface area contributed by atoms with E-state index in [0.717, 1.165) is 5.56 Å². The van der Waals surface area contributed by atoms with Crippen LogP contribution in [0.25, 0.3) is 0 Å². The summed E-state index contributed by atoms with van der Waals surface area (Å²) in [5.74, 6) is 4.56. The maximum Gasteiger partial charge on any atom is 0.324 e. The van der Waals surface area contributed by atoms with E-state index < -0.39 is 17.9 Å². The van der Waals surface area contributed by atoms with Gasteiger partial charge in [-0.1, -0.05) is 30.3 Å². The van der Waals surface area contributed by atoms with E-state index in [1.54, 1.807) is 0 Å². The van der Waals surface area contributed by atoms with E-state index in [1.807, 2.05) is 30.3 Å². The number of methoxy groups -OCH3 is 1. The second-order valence-corrected chi connectivity index (χ2v) is 4.76. The fraction of sp³-hybridized carbons (Fsp3) is 0.429. The summed E-state index contributed by atoms with van der Waals surface area (Å²) in [5, 5.41) is 1.33. The minimum absolute atomic E-state index is 0. The van der Waals surface area contributed by atoms with Crippen LogP contribution in [0.3, 0.4) is 0 Å². The summed E-state index contributed by atoms with van der Waals surface area (Å²) in [6.07, 6.45) is 0.330. The predicted octanol–water partition coefficient (Wildman–Crippen LogP) is 0.889. The highest BCUT2D eigenvalue weighted by Gasteiger charge is 2.40. The number of hydrogen-bond donors (Lipinski definition) is 1. The molecule has 0 amide bonds. The van der Waals surface area contributed by atoms with E-state index in [-0.39, 0.29) is 25.0 Å². The van der Waals surface area contributed by atoms with E-state index in [9.17, 15) is 9.59 Å². The SMILES string of the molecule is COC(=O)C1CC(C(=O)OCc2ccccc2)CN1N.Cl. The standard InChI is InChI=1S/C14H18N2O4.ClH/c1-19-14(18)12-7-11(8-16(12)15)13(17)20-9-10-5-3-2-4-6-10;/h2-6,11-12H,7-9,15H2,1H3;1H. The highest BCUT2D eigenvalue weighted by atomic mass is 35.5. The normalized spacial score (nSPS) is 21.4. The Kier molecular flexibility index (Phi) is 6.61. The molecule has 1 saturated heterocycles. The van der Waals surface area contributed by atoms with E-state index in [1.165, 1.54) is 12.1 Å². The Morgan fingerprint density at radius 2 is 1.95 bits per heavy atom. The molecular formula is C14H19ClN2O4. The zero-order chi connectivity index (χ0) is 14.5. The van der Waals surface area contributed by atoms with Gasteiger partial charge < -0.3 is 9.47 Å². The van der Waals surface area contributed by atoms with Gasteiger partial charge in [-0.25, -0.2) is 5.01 Å². The van der Waals surface area contributed by atoms with Crippen molar-refractivity contribution >= 4 is 24.3 Å². The molecule has 2 rings (SSSR count). The molecule has 1 aromatic rings. The number of nitrogens with zero attached hydrogens (tertiary/aromatic N) is 1. The lowest BCUT2D eigenvalue weighted by Gasteiger charge is -2.15. The van der Waals surface area contributed by atoms with Crippen molar-refractivity contribution < 1.29 is 19.1 Å². The van der Waals surface area contributed by atoms with Crippen LogP contribution in [0, 0.1) is 5.92 Å². The van der Waals surface area contributed by atoms with Gasteiger partial charge in [0.2, 0.25) is 0 Å². The number of carbonyl (C=O) groups excluding carboxylic acids is 2. The fourth-order valence-corrected chi connectivity index (χ4v) is 2.25. The summed E-state index contributed by atoms with van der Waals surface area (Å²) in [6.45, 7) is 0.525. The van der Waals surface area contributed by atoms with Crippen LogP contribution in [0.2, 0.25) is 0 Å². The molecule has 2 N–H and O–H groups in total. The third-order valence-corrected chi connectivity index (χ3v) is 3.37. The first-order chi connectivity index (χ1) is 9.61. The minimum Gasteiger partial charge on any atom is -0.468 e. The first kappa shape index (κ1) is 17.4. The first-order valence-corrected chi connectivity index (χ1v) is 6.41. The summed E-state index contributed by atoms with van der Waals surface area (Å²) in [4.78, 5) is 23.4. The molecule has 7 heteroatoms. The molecule has 1 fully saturated rings. The van der Waals surface area contributed by atoms with Crippen LogP contribution in [0.5, 0.6) is 0 Å². The van der Waals surface area contributed by atoms with Crippen molar-refractivity contribution in [2.24, 2.45) is 11.8 Å². The lowest BCUT2D eigenvalue weighted by Crippen LogP contribution is -2.41. The predicted molar refractivity (Wildman–Crippen MR) is 78.3 cm³/mol. The van der Waals surface area contributed by atoms with Crippen molar-refractivity contribution in [2.75, 3.05) is 13.7 Å². The first-order valence-electron chi connectivity index (χ1n) is 6.41. The van der Waals surface area contributed by atoms with Crippen molar-refractivity contribution in [1.29, 1.82) is 0 Å². The maximum atomic E-state index is 12.0. The number of benzene rings is 1. The Labute approximate surface area is 129 Å². The molecule has 2 unspecified atom stereocenters. The zero-order valence-corrected chi connectivity index (χ0v) is 12.5. The zero-order valence-electron chi connectivity index (χ0n) is 11.7. The Morgan fingerprint density at radius 1 is 1.29 bits per heavy atom. The van der Waals surface area contributed by atoms with Gasteiger partial charge in [-0.05, 0) is 12.0 Å². The number of carbonyl (C=O) groups is 2. The second-order valence-electron chi connectivity index (χ2n) is 4.76. The third-order valence-electron chi connectivity index (χ3n) is 3.37. The van der Waals surface area contributed by atoms with Gasteiger partial charge >= 0.3 is 11.9 Å². The van der Waals surface area contributed by atoms with Crippen LogP contribution in [0.15, 0.2) is 30.3 Å². The molecule has 6 nitrogen and oxygen atoms in total. The molecule has 0 saturated carbocycles. The average Bonchev–Trinajstić information content (AvgIpc) is 2.87. The molecule has 0 bridgehead atoms.